The molecule has 0 spiro atoms. The smallest absolute Gasteiger partial charge is 0.292 e. The van der Waals surface area contributed by atoms with E-state index in [-0.39, 0.29) is 12.6 Å². The molecular weight excluding hydrogens is 302 g/mol. The SMILES string of the molecule is CC(C)n1ncnc1Cn1cc(Br)c(=O)[nH]c1=O. The summed E-state index contributed by atoms with van der Waals surface area (Å²) < 4.78 is 3.40. The number of hydrogen-bond acceptors (Lipinski definition) is 4. The topological polar surface area (TPSA) is 85.6 Å². The van der Waals surface area contributed by atoms with Crippen molar-refractivity contribution < 1.29 is 0 Å². The Morgan fingerprint density at radius 3 is 2.83 bits per heavy atom. The average molecular weight is 314 g/mol. The largest absolute Gasteiger partial charge is 0.328 e. The van der Waals surface area contributed by atoms with Crippen LogP contribution in [0.25, 0.3) is 0 Å². The Morgan fingerprint density at radius 1 is 1.44 bits per heavy atom. The van der Waals surface area contributed by atoms with E-state index >= 15 is 0 Å². The summed E-state index contributed by atoms with van der Waals surface area (Å²) in [6, 6.07) is 0.157. The summed E-state index contributed by atoms with van der Waals surface area (Å²) in [4.78, 5) is 29.2. The van der Waals surface area contributed by atoms with Crippen molar-refractivity contribution in [2.45, 2.75) is 26.4 Å². The van der Waals surface area contributed by atoms with Gasteiger partial charge in [0.15, 0.2) is 0 Å². The van der Waals surface area contributed by atoms with E-state index in [4.69, 9.17) is 0 Å². The van der Waals surface area contributed by atoms with Gasteiger partial charge in [0, 0.05) is 12.2 Å². The van der Waals surface area contributed by atoms with Crippen LogP contribution in [0.3, 0.4) is 0 Å². The molecule has 2 aromatic rings. The van der Waals surface area contributed by atoms with Gasteiger partial charge in [-0.25, -0.2) is 14.5 Å². The molecule has 18 heavy (non-hydrogen) atoms. The minimum absolute atomic E-state index is 0.157. The van der Waals surface area contributed by atoms with Crippen molar-refractivity contribution in [3.8, 4) is 0 Å². The molecule has 0 bridgehead atoms. The first kappa shape index (κ1) is 12.7. The van der Waals surface area contributed by atoms with Crippen molar-refractivity contribution in [1.82, 2.24) is 24.3 Å². The third-order valence-electron chi connectivity index (χ3n) is 2.42. The number of nitrogens with one attached hydrogen (secondary N) is 1. The molecule has 0 aromatic carbocycles. The van der Waals surface area contributed by atoms with Crippen molar-refractivity contribution in [3.63, 3.8) is 0 Å². The number of aromatic amines is 1. The Hall–Kier alpha value is -1.70. The minimum Gasteiger partial charge on any atom is -0.292 e. The molecule has 0 saturated heterocycles. The van der Waals surface area contributed by atoms with Gasteiger partial charge >= 0.3 is 5.69 Å². The van der Waals surface area contributed by atoms with Crippen LogP contribution in [0.5, 0.6) is 0 Å². The van der Waals surface area contributed by atoms with Crippen LogP contribution in [0.4, 0.5) is 0 Å². The normalized spacial score (nSPS) is 11.1. The standard InChI is InChI=1S/C10H12BrN5O2/c1-6(2)16-8(12-5-13-16)4-15-3-7(11)9(17)14-10(15)18/h3,5-6H,4H2,1-2H3,(H,14,17,18). The molecule has 1 N–H and O–H groups in total. The molecule has 0 amide bonds. The average Bonchev–Trinajstić information content (AvgIpc) is 2.74. The van der Waals surface area contributed by atoms with Gasteiger partial charge in [0.2, 0.25) is 0 Å². The van der Waals surface area contributed by atoms with Crippen molar-refractivity contribution in [3.05, 3.63) is 43.7 Å². The van der Waals surface area contributed by atoms with E-state index in [1.165, 1.54) is 17.1 Å². The Kier molecular flexibility index (Phi) is 3.46. The Bertz CT molecular complexity index is 669. The van der Waals surface area contributed by atoms with Crippen LogP contribution in [-0.2, 0) is 6.54 Å². The molecular formula is C10H12BrN5O2. The monoisotopic (exact) mass is 313 g/mol. The molecule has 0 atom stereocenters. The van der Waals surface area contributed by atoms with Crippen LogP contribution in [0.1, 0.15) is 25.7 Å². The maximum absolute atomic E-state index is 11.6. The first-order chi connectivity index (χ1) is 8.49. The second kappa shape index (κ2) is 4.89. The fraction of sp³-hybridized carbons (Fsp3) is 0.400. The fourth-order valence-corrected chi connectivity index (χ4v) is 1.92. The number of aromatic nitrogens is 5. The van der Waals surface area contributed by atoms with Crippen LogP contribution in [-0.4, -0.2) is 24.3 Å². The van der Waals surface area contributed by atoms with Crippen LogP contribution in [0.15, 0.2) is 26.6 Å². The summed E-state index contributed by atoms with van der Waals surface area (Å²) >= 11 is 3.09. The Balaban J connectivity index is 2.40. The van der Waals surface area contributed by atoms with Crippen molar-refractivity contribution in [1.29, 1.82) is 0 Å². The third-order valence-corrected chi connectivity index (χ3v) is 2.98. The molecule has 0 aliphatic rings. The second-order valence-electron chi connectivity index (χ2n) is 4.08. The summed E-state index contributed by atoms with van der Waals surface area (Å²) in [6.45, 7) is 4.21. The number of nitrogens with zero attached hydrogens (tertiary/aromatic N) is 4. The third kappa shape index (κ3) is 2.42. The van der Waals surface area contributed by atoms with Gasteiger partial charge in [-0.1, -0.05) is 0 Å². The van der Waals surface area contributed by atoms with Crippen LogP contribution in [0.2, 0.25) is 0 Å². The quantitative estimate of drug-likeness (QED) is 0.895. The molecule has 0 radical (unpaired) electrons. The van der Waals surface area contributed by atoms with Crippen molar-refractivity contribution in [2.75, 3.05) is 0 Å². The van der Waals surface area contributed by atoms with E-state index in [0.717, 1.165) is 0 Å². The lowest BCUT2D eigenvalue weighted by Crippen LogP contribution is -2.31. The number of H-pyrrole nitrogens is 1. The zero-order valence-corrected chi connectivity index (χ0v) is 11.5. The maximum atomic E-state index is 11.6. The van der Waals surface area contributed by atoms with Crippen molar-refractivity contribution >= 4 is 15.9 Å². The fourth-order valence-electron chi connectivity index (χ4n) is 1.57. The highest BCUT2D eigenvalue weighted by Gasteiger charge is 2.10. The number of halogens is 1. The highest BCUT2D eigenvalue weighted by atomic mass is 79.9. The van der Waals surface area contributed by atoms with E-state index in [1.54, 1.807) is 4.68 Å². The lowest BCUT2D eigenvalue weighted by atomic mass is 10.4. The molecule has 0 unspecified atom stereocenters. The summed E-state index contributed by atoms with van der Waals surface area (Å²) in [5.41, 5.74) is -0.914. The first-order valence-corrected chi connectivity index (χ1v) is 6.16. The van der Waals surface area contributed by atoms with E-state index in [2.05, 4.69) is 31.0 Å². The van der Waals surface area contributed by atoms with Gasteiger partial charge in [0.05, 0.1) is 11.0 Å². The van der Waals surface area contributed by atoms with E-state index < -0.39 is 11.2 Å². The molecule has 2 rings (SSSR count). The lowest BCUT2D eigenvalue weighted by molar-refractivity contribution is 0.492. The number of hydrogen-bond donors (Lipinski definition) is 1. The Labute approximate surface area is 111 Å². The maximum Gasteiger partial charge on any atom is 0.328 e. The van der Waals surface area contributed by atoms with E-state index in [0.29, 0.717) is 10.3 Å². The van der Waals surface area contributed by atoms with Crippen LogP contribution < -0.4 is 11.2 Å². The van der Waals surface area contributed by atoms with Crippen LogP contribution >= 0.6 is 15.9 Å². The molecule has 0 saturated carbocycles. The molecule has 96 valence electrons. The summed E-state index contributed by atoms with van der Waals surface area (Å²) in [5.74, 6) is 0.658. The highest BCUT2D eigenvalue weighted by Crippen LogP contribution is 2.06. The summed E-state index contributed by atoms with van der Waals surface area (Å²) in [7, 11) is 0. The molecule has 0 aliphatic carbocycles. The van der Waals surface area contributed by atoms with Gasteiger partial charge in [-0.2, -0.15) is 5.10 Å². The van der Waals surface area contributed by atoms with Crippen molar-refractivity contribution in [2.24, 2.45) is 0 Å². The molecule has 0 fully saturated rings. The molecule has 8 heteroatoms. The molecule has 7 nitrogen and oxygen atoms in total. The second-order valence-corrected chi connectivity index (χ2v) is 4.93. The molecule has 2 heterocycles. The zero-order valence-electron chi connectivity index (χ0n) is 9.92. The van der Waals surface area contributed by atoms with Gasteiger partial charge in [-0.05, 0) is 29.8 Å². The van der Waals surface area contributed by atoms with E-state index in [9.17, 15) is 9.59 Å². The summed E-state index contributed by atoms with van der Waals surface area (Å²) in [6.07, 6.45) is 2.89. The first-order valence-electron chi connectivity index (χ1n) is 5.36. The summed E-state index contributed by atoms with van der Waals surface area (Å²) in [5, 5.41) is 4.09. The van der Waals surface area contributed by atoms with Gasteiger partial charge in [0.25, 0.3) is 5.56 Å². The minimum atomic E-state index is -0.471. The lowest BCUT2D eigenvalue weighted by Gasteiger charge is -2.10. The van der Waals surface area contributed by atoms with Gasteiger partial charge in [-0.3, -0.25) is 14.3 Å². The molecule has 0 aliphatic heterocycles. The van der Waals surface area contributed by atoms with E-state index in [1.807, 2.05) is 13.8 Å². The zero-order chi connectivity index (χ0) is 13.3. The van der Waals surface area contributed by atoms with Gasteiger partial charge in [-0.15, -0.1) is 0 Å². The van der Waals surface area contributed by atoms with Crippen LogP contribution in [0, 0.1) is 0 Å². The van der Waals surface area contributed by atoms with Gasteiger partial charge < -0.3 is 0 Å². The van der Waals surface area contributed by atoms with Gasteiger partial charge in [0.1, 0.15) is 12.2 Å². The molecule has 2 aromatic heterocycles. The number of rotatable bonds is 3. The predicted octanol–water partition coefficient (Wildman–Crippen LogP) is 0.520. The predicted molar refractivity (Wildman–Crippen MR) is 68.5 cm³/mol. The Morgan fingerprint density at radius 2 is 2.17 bits per heavy atom. The highest BCUT2D eigenvalue weighted by molar-refractivity contribution is 9.10.